The first-order valence-electron chi connectivity index (χ1n) is 4.62. The summed E-state index contributed by atoms with van der Waals surface area (Å²) in [5.74, 6) is 7.52. The third kappa shape index (κ3) is 2.01. The molecule has 0 amide bonds. The van der Waals surface area contributed by atoms with Crippen LogP contribution in [0.4, 0.5) is 0 Å². The van der Waals surface area contributed by atoms with Gasteiger partial charge in [0.2, 0.25) is 0 Å². The summed E-state index contributed by atoms with van der Waals surface area (Å²) in [4.78, 5) is 0. The predicted octanol–water partition coefficient (Wildman–Crippen LogP) is 2.46. The molecule has 1 aliphatic rings. The van der Waals surface area contributed by atoms with Crippen LogP contribution in [0.25, 0.3) is 0 Å². The second kappa shape index (κ2) is 3.49. The van der Waals surface area contributed by atoms with E-state index in [9.17, 15) is 0 Å². The van der Waals surface area contributed by atoms with Crippen molar-refractivity contribution in [2.45, 2.75) is 39.2 Å². The van der Waals surface area contributed by atoms with E-state index >= 15 is 0 Å². The van der Waals surface area contributed by atoms with E-state index in [4.69, 9.17) is 4.74 Å². The fraction of sp³-hybridized carbons (Fsp3) is 0.818. The summed E-state index contributed by atoms with van der Waals surface area (Å²) >= 11 is 0. The molecular weight excluding hydrogens is 148 g/mol. The highest BCUT2D eigenvalue weighted by molar-refractivity contribution is 5.14. The SMILES string of the molecule is COC(C)(C)C1C#CC(C)CC1. The van der Waals surface area contributed by atoms with Crippen molar-refractivity contribution in [3.05, 3.63) is 0 Å². The molecular formula is C11H18O. The minimum absolute atomic E-state index is 0.0762. The van der Waals surface area contributed by atoms with Gasteiger partial charge in [0.15, 0.2) is 0 Å². The molecule has 0 saturated carbocycles. The number of rotatable bonds is 2. The molecule has 1 nitrogen and oxygen atoms in total. The first kappa shape index (κ1) is 9.61. The van der Waals surface area contributed by atoms with Gasteiger partial charge in [0.05, 0.1) is 5.60 Å². The lowest BCUT2D eigenvalue weighted by Crippen LogP contribution is -2.33. The van der Waals surface area contributed by atoms with Crippen LogP contribution in [-0.2, 0) is 4.74 Å². The molecule has 0 spiro atoms. The lowest BCUT2D eigenvalue weighted by atomic mass is 9.82. The van der Waals surface area contributed by atoms with E-state index in [1.165, 1.54) is 12.8 Å². The topological polar surface area (TPSA) is 9.23 Å². The zero-order valence-corrected chi connectivity index (χ0v) is 8.48. The molecule has 2 atom stereocenters. The molecule has 0 aromatic rings. The van der Waals surface area contributed by atoms with E-state index in [0.717, 1.165) is 0 Å². The molecule has 1 rings (SSSR count). The summed E-state index contributed by atoms with van der Waals surface area (Å²) in [7, 11) is 1.76. The molecule has 0 fully saturated rings. The maximum atomic E-state index is 5.41. The van der Waals surface area contributed by atoms with Crippen molar-refractivity contribution in [3.8, 4) is 11.8 Å². The first-order valence-corrected chi connectivity index (χ1v) is 4.62. The quantitative estimate of drug-likeness (QED) is 0.573. The Bertz CT molecular complexity index is 207. The Hall–Kier alpha value is -0.480. The highest BCUT2D eigenvalue weighted by Crippen LogP contribution is 2.28. The number of ether oxygens (including phenoxy) is 1. The van der Waals surface area contributed by atoms with Crippen LogP contribution in [0, 0.1) is 23.7 Å². The van der Waals surface area contributed by atoms with Crippen molar-refractivity contribution >= 4 is 0 Å². The normalized spacial score (nSPS) is 29.3. The van der Waals surface area contributed by atoms with Crippen LogP contribution in [0.2, 0.25) is 0 Å². The average molecular weight is 166 g/mol. The summed E-state index contributed by atoms with van der Waals surface area (Å²) < 4.78 is 5.41. The highest BCUT2D eigenvalue weighted by Gasteiger charge is 2.29. The molecule has 1 aliphatic carbocycles. The van der Waals surface area contributed by atoms with E-state index in [0.29, 0.717) is 11.8 Å². The molecule has 0 saturated heterocycles. The van der Waals surface area contributed by atoms with Crippen LogP contribution in [0.15, 0.2) is 0 Å². The van der Waals surface area contributed by atoms with E-state index < -0.39 is 0 Å². The fourth-order valence-corrected chi connectivity index (χ4v) is 1.47. The second-order valence-corrected chi connectivity index (χ2v) is 4.13. The molecule has 0 N–H and O–H groups in total. The average Bonchev–Trinajstić information content (AvgIpc) is 2.05. The van der Waals surface area contributed by atoms with Crippen molar-refractivity contribution in [2.24, 2.45) is 11.8 Å². The van der Waals surface area contributed by atoms with Crippen molar-refractivity contribution in [2.75, 3.05) is 7.11 Å². The summed E-state index contributed by atoms with van der Waals surface area (Å²) in [5, 5.41) is 0. The standard InChI is InChI=1S/C11H18O/c1-9-5-7-10(8-6-9)11(2,3)12-4/h9-10H,5,7H2,1-4H3. The zero-order chi connectivity index (χ0) is 9.19. The minimum Gasteiger partial charge on any atom is -0.378 e. The Labute approximate surface area is 75.5 Å². The van der Waals surface area contributed by atoms with Crippen LogP contribution in [-0.4, -0.2) is 12.7 Å². The first-order chi connectivity index (χ1) is 5.56. The van der Waals surface area contributed by atoms with Crippen molar-refractivity contribution in [1.82, 2.24) is 0 Å². The molecule has 0 aromatic heterocycles. The highest BCUT2D eigenvalue weighted by atomic mass is 16.5. The van der Waals surface area contributed by atoms with Gasteiger partial charge in [-0.1, -0.05) is 18.8 Å². The Morgan fingerprint density at radius 2 is 1.92 bits per heavy atom. The number of hydrogen-bond acceptors (Lipinski definition) is 1. The van der Waals surface area contributed by atoms with Crippen LogP contribution < -0.4 is 0 Å². The molecule has 1 heteroatoms. The van der Waals surface area contributed by atoms with Gasteiger partial charge < -0.3 is 4.74 Å². The third-order valence-electron chi connectivity index (χ3n) is 2.76. The molecule has 0 bridgehead atoms. The summed E-state index contributed by atoms with van der Waals surface area (Å²) in [6, 6.07) is 0. The van der Waals surface area contributed by atoms with Gasteiger partial charge in [-0.3, -0.25) is 0 Å². The largest absolute Gasteiger partial charge is 0.378 e. The van der Waals surface area contributed by atoms with Gasteiger partial charge in [-0.25, -0.2) is 0 Å². The number of hydrogen-bond donors (Lipinski definition) is 0. The van der Waals surface area contributed by atoms with E-state index in [-0.39, 0.29) is 5.60 Å². The van der Waals surface area contributed by atoms with Crippen molar-refractivity contribution in [3.63, 3.8) is 0 Å². The van der Waals surface area contributed by atoms with Gasteiger partial charge in [-0.2, -0.15) is 0 Å². The van der Waals surface area contributed by atoms with Crippen molar-refractivity contribution < 1.29 is 4.74 Å². The van der Waals surface area contributed by atoms with Gasteiger partial charge in [0, 0.05) is 18.9 Å². The smallest absolute Gasteiger partial charge is 0.0759 e. The number of methoxy groups -OCH3 is 1. The summed E-state index contributed by atoms with van der Waals surface area (Å²) in [5.41, 5.74) is -0.0762. The second-order valence-electron chi connectivity index (χ2n) is 4.13. The monoisotopic (exact) mass is 166 g/mol. The van der Waals surface area contributed by atoms with Gasteiger partial charge in [-0.15, -0.1) is 0 Å². The third-order valence-corrected chi connectivity index (χ3v) is 2.76. The molecule has 68 valence electrons. The van der Waals surface area contributed by atoms with Crippen molar-refractivity contribution in [1.29, 1.82) is 0 Å². The van der Waals surface area contributed by atoms with E-state index in [1.54, 1.807) is 7.11 Å². The van der Waals surface area contributed by atoms with Gasteiger partial charge in [-0.05, 0) is 26.7 Å². The molecule has 0 heterocycles. The van der Waals surface area contributed by atoms with Gasteiger partial charge >= 0.3 is 0 Å². The Balaban J connectivity index is 2.66. The molecule has 0 radical (unpaired) electrons. The van der Waals surface area contributed by atoms with Gasteiger partial charge in [0.1, 0.15) is 0 Å². The Kier molecular flexibility index (Phi) is 2.80. The maximum Gasteiger partial charge on any atom is 0.0759 e. The molecule has 12 heavy (non-hydrogen) atoms. The van der Waals surface area contributed by atoms with Crippen LogP contribution in [0.5, 0.6) is 0 Å². The minimum atomic E-state index is -0.0762. The fourth-order valence-electron chi connectivity index (χ4n) is 1.47. The molecule has 2 unspecified atom stereocenters. The Morgan fingerprint density at radius 1 is 1.25 bits per heavy atom. The van der Waals surface area contributed by atoms with E-state index in [1.807, 2.05) is 0 Å². The molecule has 0 aliphatic heterocycles. The lowest BCUT2D eigenvalue weighted by Gasteiger charge is -2.31. The van der Waals surface area contributed by atoms with E-state index in [2.05, 4.69) is 32.6 Å². The summed E-state index contributed by atoms with van der Waals surface area (Å²) in [6.07, 6.45) is 2.39. The molecule has 0 aromatic carbocycles. The lowest BCUT2D eigenvalue weighted by molar-refractivity contribution is -0.0135. The maximum absolute atomic E-state index is 5.41. The Morgan fingerprint density at radius 3 is 2.33 bits per heavy atom. The predicted molar refractivity (Wildman–Crippen MR) is 50.8 cm³/mol. The summed E-state index contributed by atoms with van der Waals surface area (Å²) in [6.45, 7) is 6.41. The van der Waals surface area contributed by atoms with Crippen LogP contribution >= 0.6 is 0 Å². The van der Waals surface area contributed by atoms with Crippen LogP contribution in [0.3, 0.4) is 0 Å². The van der Waals surface area contributed by atoms with Crippen LogP contribution in [0.1, 0.15) is 33.6 Å². The van der Waals surface area contributed by atoms with Gasteiger partial charge in [0.25, 0.3) is 0 Å². The zero-order valence-electron chi connectivity index (χ0n) is 8.48.